The molecule has 0 atom stereocenters. The number of hydrogen-bond donors (Lipinski definition) is 2. The van der Waals surface area contributed by atoms with E-state index in [2.05, 4.69) is 41.5 Å². The predicted octanol–water partition coefficient (Wildman–Crippen LogP) is 4.71. The van der Waals surface area contributed by atoms with Crippen LogP contribution in [-0.2, 0) is 10.2 Å². The van der Waals surface area contributed by atoms with Crippen LogP contribution in [0.1, 0.15) is 54.1 Å². The zero-order chi connectivity index (χ0) is 25.5. The van der Waals surface area contributed by atoms with Crippen molar-refractivity contribution in [3.8, 4) is 11.4 Å². The van der Waals surface area contributed by atoms with Crippen molar-refractivity contribution < 1.29 is 14.1 Å². The van der Waals surface area contributed by atoms with Crippen molar-refractivity contribution in [3.05, 3.63) is 108 Å². The van der Waals surface area contributed by atoms with Gasteiger partial charge in [0.15, 0.2) is 0 Å². The summed E-state index contributed by atoms with van der Waals surface area (Å²) < 4.78 is 5.15. The largest absolute Gasteiger partial charge is 0.354 e. The van der Waals surface area contributed by atoms with E-state index < -0.39 is 11.8 Å². The van der Waals surface area contributed by atoms with Crippen molar-refractivity contribution in [1.29, 1.82) is 0 Å². The predicted molar refractivity (Wildman–Crippen MR) is 139 cm³/mol. The van der Waals surface area contributed by atoms with Crippen molar-refractivity contribution in [3.63, 3.8) is 0 Å². The van der Waals surface area contributed by atoms with Crippen LogP contribution in [0.2, 0.25) is 0 Å². The van der Waals surface area contributed by atoms with Gasteiger partial charge in [-0.2, -0.15) is 4.98 Å². The maximum absolute atomic E-state index is 13.0. The standard InChI is InChI=1S/C29H30N4O3/c1-29(2,3)23-16-14-22(15-17-23)25-32-28(36-33-25)27(35)31-19-18-30-26(34)24(20-10-6-4-7-11-20)21-12-8-5-9-13-21/h4-17,24H,18-19H2,1-3H3,(H,30,34)(H,31,35). The summed E-state index contributed by atoms with van der Waals surface area (Å²) in [4.78, 5) is 29.7. The molecule has 0 radical (unpaired) electrons. The van der Waals surface area contributed by atoms with E-state index in [1.54, 1.807) is 0 Å². The fourth-order valence-corrected chi connectivity index (χ4v) is 3.88. The minimum absolute atomic E-state index is 0.0401. The summed E-state index contributed by atoms with van der Waals surface area (Å²) in [6.45, 7) is 6.91. The van der Waals surface area contributed by atoms with Crippen LogP contribution in [0, 0.1) is 0 Å². The molecule has 0 aliphatic heterocycles. The molecule has 7 nitrogen and oxygen atoms in total. The summed E-state index contributed by atoms with van der Waals surface area (Å²) in [5, 5.41) is 9.56. The van der Waals surface area contributed by atoms with Crippen LogP contribution in [0.5, 0.6) is 0 Å². The Kier molecular flexibility index (Phi) is 7.59. The first kappa shape index (κ1) is 24.9. The quantitative estimate of drug-likeness (QED) is 0.355. The molecule has 4 aromatic rings. The summed E-state index contributed by atoms with van der Waals surface area (Å²) in [6, 6.07) is 27.1. The van der Waals surface area contributed by atoms with Crippen molar-refractivity contribution >= 4 is 11.8 Å². The molecular weight excluding hydrogens is 452 g/mol. The summed E-state index contributed by atoms with van der Waals surface area (Å²) in [5.41, 5.74) is 3.80. The third-order valence-corrected chi connectivity index (χ3v) is 5.87. The van der Waals surface area contributed by atoms with Crippen molar-refractivity contribution in [1.82, 2.24) is 20.8 Å². The highest BCUT2D eigenvalue weighted by Crippen LogP contribution is 2.26. The molecule has 36 heavy (non-hydrogen) atoms. The second-order valence-electron chi connectivity index (χ2n) is 9.55. The monoisotopic (exact) mass is 482 g/mol. The Morgan fingerprint density at radius 1 is 0.806 bits per heavy atom. The summed E-state index contributed by atoms with van der Waals surface area (Å²) >= 11 is 0. The van der Waals surface area contributed by atoms with Gasteiger partial charge < -0.3 is 15.2 Å². The van der Waals surface area contributed by atoms with Crippen LogP contribution in [-0.4, -0.2) is 35.0 Å². The minimum atomic E-state index is -0.489. The highest BCUT2D eigenvalue weighted by atomic mass is 16.5. The average molecular weight is 483 g/mol. The highest BCUT2D eigenvalue weighted by Gasteiger charge is 2.22. The number of carbonyl (C=O) groups excluding carboxylic acids is 2. The Balaban J connectivity index is 1.32. The first-order valence-electron chi connectivity index (χ1n) is 11.9. The Labute approximate surface area is 210 Å². The molecule has 1 heterocycles. The fraction of sp³-hybridized carbons (Fsp3) is 0.241. The SMILES string of the molecule is CC(C)(C)c1ccc(-c2noc(C(=O)NCCNC(=O)C(c3ccccc3)c3ccccc3)n2)cc1. The molecule has 0 saturated carbocycles. The number of aromatic nitrogens is 2. The molecule has 2 amide bonds. The summed E-state index contributed by atoms with van der Waals surface area (Å²) in [6.07, 6.45) is 0. The molecule has 7 heteroatoms. The third-order valence-electron chi connectivity index (χ3n) is 5.87. The van der Waals surface area contributed by atoms with Crippen molar-refractivity contribution in [2.45, 2.75) is 32.1 Å². The van der Waals surface area contributed by atoms with Gasteiger partial charge in [0.05, 0.1) is 5.92 Å². The molecule has 0 bridgehead atoms. The first-order chi connectivity index (χ1) is 17.3. The second kappa shape index (κ2) is 11.0. The van der Waals surface area contributed by atoms with Gasteiger partial charge >= 0.3 is 11.8 Å². The average Bonchev–Trinajstić information content (AvgIpc) is 3.38. The highest BCUT2D eigenvalue weighted by molar-refractivity contribution is 5.90. The van der Waals surface area contributed by atoms with Crippen LogP contribution >= 0.6 is 0 Å². The Bertz CT molecular complexity index is 1250. The molecule has 0 aliphatic rings. The lowest BCUT2D eigenvalue weighted by atomic mass is 9.87. The maximum atomic E-state index is 13.0. The fourth-order valence-electron chi connectivity index (χ4n) is 3.88. The van der Waals surface area contributed by atoms with Gasteiger partial charge in [0.1, 0.15) is 0 Å². The van der Waals surface area contributed by atoms with Gasteiger partial charge in [-0.1, -0.05) is 111 Å². The van der Waals surface area contributed by atoms with E-state index in [0.29, 0.717) is 5.82 Å². The smallest absolute Gasteiger partial charge is 0.316 e. The van der Waals surface area contributed by atoms with E-state index in [0.717, 1.165) is 16.7 Å². The van der Waals surface area contributed by atoms with E-state index in [9.17, 15) is 9.59 Å². The van der Waals surface area contributed by atoms with E-state index in [1.165, 1.54) is 5.56 Å². The van der Waals surface area contributed by atoms with E-state index >= 15 is 0 Å². The number of benzene rings is 3. The number of carbonyl (C=O) groups is 2. The number of nitrogens with one attached hydrogen (secondary N) is 2. The number of nitrogens with zero attached hydrogens (tertiary/aromatic N) is 2. The Morgan fingerprint density at radius 2 is 1.36 bits per heavy atom. The maximum Gasteiger partial charge on any atom is 0.316 e. The van der Waals surface area contributed by atoms with Crippen molar-refractivity contribution in [2.24, 2.45) is 0 Å². The normalized spacial score (nSPS) is 11.3. The molecule has 0 fully saturated rings. The lowest BCUT2D eigenvalue weighted by Gasteiger charge is -2.18. The van der Waals surface area contributed by atoms with E-state index in [4.69, 9.17) is 4.52 Å². The molecule has 3 aromatic carbocycles. The van der Waals surface area contributed by atoms with Crippen LogP contribution in [0.15, 0.2) is 89.5 Å². The zero-order valence-electron chi connectivity index (χ0n) is 20.7. The zero-order valence-corrected chi connectivity index (χ0v) is 20.7. The van der Waals surface area contributed by atoms with Crippen LogP contribution in [0.25, 0.3) is 11.4 Å². The van der Waals surface area contributed by atoms with Gasteiger partial charge in [-0.05, 0) is 22.1 Å². The molecule has 4 rings (SSSR count). The van der Waals surface area contributed by atoms with Crippen LogP contribution in [0.3, 0.4) is 0 Å². The number of amides is 2. The van der Waals surface area contributed by atoms with E-state index in [-0.39, 0.29) is 30.3 Å². The van der Waals surface area contributed by atoms with E-state index in [1.807, 2.05) is 84.9 Å². The Morgan fingerprint density at radius 3 is 1.92 bits per heavy atom. The lowest BCUT2D eigenvalue weighted by molar-refractivity contribution is -0.121. The summed E-state index contributed by atoms with van der Waals surface area (Å²) in [5.74, 6) is -0.839. The molecule has 1 aromatic heterocycles. The topological polar surface area (TPSA) is 97.1 Å². The van der Waals surface area contributed by atoms with Gasteiger partial charge in [-0.25, -0.2) is 0 Å². The van der Waals surface area contributed by atoms with Crippen LogP contribution in [0.4, 0.5) is 0 Å². The second-order valence-corrected chi connectivity index (χ2v) is 9.55. The third kappa shape index (κ3) is 6.05. The number of rotatable bonds is 8. The summed E-state index contributed by atoms with van der Waals surface area (Å²) in [7, 11) is 0. The molecule has 0 aliphatic carbocycles. The van der Waals surface area contributed by atoms with Gasteiger partial charge in [-0.3, -0.25) is 9.59 Å². The minimum Gasteiger partial charge on any atom is -0.354 e. The first-order valence-corrected chi connectivity index (χ1v) is 11.9. The van der Waals surface area contributed by atoms with Gasteiger partial charge in [0.25, 0.3) is 0 Å². The van der Waals surface area contributed by atoms with Gasteiger partial charge in [-0.15, -0.1) is 0 Å². The molecule has 0 saturated heterocycles. The molecule has 0 spiro atoms. The molecule has 184 valence electrons. The van der Waals surface area contributed by atoms with Crippen molar-refractivity contribution in [2.75, 3.05) is 13.1 Å². The Hall–Kier alpha value is -4.26. The molecule has 0 unspecified atom stereocenters. The molecular formula is C29H30N4O3. The van der Waals surface area contributed by atoms with Gasteiger partial charge in [0, 0.05) is 18.7 Å². The molecule has 2 N–H and O–H groups in total. The number of hydrogen-bond acceptors (Lipinski definition) is 5. The van der Waals surface area contributed by atoms with Gasteiger partial charge in [0.2, 0.25) is 11.7 Å². The van der Waals surface area contributed by atoms with Crippen LogP contribution < -0.4 is 10.6 Å². The lowest BCUT2D eigenvalue weighted by Crippen LogP contribution is -2.37.